The topological polar surface area (TPSA) is 49.4 Å². The molecule has 1 aromatic rings. The summed E-state index contributed by atoms with van der Waals surface area (Å²) in [5.74, 6) is 0.162. The number of benzene rings is 1. The zero-order chi connectivity index (χ0) is 15.4. The molecule has 1 heterocycles. The lowest BCUT2D eigenvalue weighted by Gasteiger charge is -2.29. The Hall–Kier alpha value is -1.84. The summed E-state index contributed by atoms with van der Waals surface area (Å²) < 4.78 is 0. The number of hydrogen-bond acceptors (Lipinski definition) is 2. The third kappa shape index (κ3) is 3.43. The van der Waals surface area contributed by atoms with E-state index in [1.165, 1.54) is 5.56 Å². The average Bonchev–Trinajstić information content (AvgIpc) is 2.47. The quantitative estimate of drug-likeness (QED) is 0.923. The summed E-state index contributed by atoms with van der Waals surface area (Å²) in [5.41, 5.74) is 2.90. The van der Waals surface area contributed by atoms with Crippen LogP contribution in [-0.2, 0) is 16.0 Å². The molecule has 4 nitrogen and oxygen atoms in total. The van der Waals surface area contributed by atoms with Gasteiger partial charge >= 0.3 is 0 Å². The molecule has 0 aliphatic carbocycles. The molecule has 1 aliphatic heterocycles. The number of hydrogen-bond donors (Lipinski definition) is 1. The van der Waals surface area contributed by atoms with E-state index in [1.807, 2.05) is 32.0 Å². The van der Waals surface area contributed by atoms with Gasteiger partial charge in [0.25, 0.3) is 0 Å². The maximum Gasteiger partial charge on any atom is 0.227 e. The summed E-state index contributed by atoms with van der Waals surface area (Å²) in [7, 11) is 0. The Morgan fingerprint density at radius 3 is 2.62 bits per heavy atom. The van der Waals surface area contributed by atoms with Crippen molar-refractivity contribution in [2.45, 2.75) is 46.5 Å². The van der Waals surface area contributed by atoms with Crippen LogP contribution in [0.1, 0.15) is 45.6 Å². The Labute approximate surface area is 126 Å². The lowest BCUT2D eigenvalue weighted by molar-refractivity contribution is -0.120. The van der Waals surface area contributed by atoms with Gasteiger partial charge in [-0.3, -0.25) is 9.59 Å². The van der Waals surface area contributed by atoms with Crippen molar-refractivity contribution in [3.63, 3.8) is 0 Å². The second-order valence-electron chi connectivity index (χ2n) is 5.62. The summed E-state index contributed by atoms with van der Waals surface area (Å²) in [4.78, 5) is 25.7. The molecule has 1 N–H and O–H groups in total. The van der Waals surface area contributed by atoms with Gasteiger partial charge in [0.05, 0.1) is 0 Å². The highest BCUT2D eigenvalue weighted by Crippen LogP contribution is 2.30. The molecule has 1 aliphatic rings. The minimum Gasteiger partial charge on any atom is -0.326 e. The van der Waals surface area contributed by atoms with Gasteiger partial charge in [0.1, 0.15) is 0 Å². The van der Waals surface area contributed by atoms with Crippen LogP contribution in [-0.4, -0.2) is 18.4 Å². The lowest BCUT2D eigenvalue weighted by Crippen LogP contribution is -2.33. The zero-order valence-corrected chi connectivity index (χ0v) is 13.1. The maximum absolute atomic E-state index is 12.2. The van der Waals surface area contributed by atoms with E-state index < -0.39 is 0 Å². The van der Waals surface area contributed by atoms with Crippen molar-refractivity contribution in [2.75, 3.05) is 16.8 Å². The van der Waals surface area contributed by atoms with Gasteiger partial charge in [-0.1, -0.05) is 19.9 Å². The van der Waals surface area contributed by atoms with Crippen LogP contribution in [0.15, 0.2) is 18.2 Å². The fraction of sp³-hybridized carbons (Fsp3) is 0.529. The summed E-state index contributed by atoms with van der Waals surface area (Å²) >= 11 is 0. The molecule has 2 amide bonds. The largest absolute Gasteiger partial charge is 0.326 e. The summed E-state index contributed by atoms with van der Waals surface area (Å²) in [6.07, 6.45) is 3.66. The Kier molecular flexibility index (Phi) is 4.99. The first-order chi connectivity index (χ1) is 10.1. The molecule has 21 heavy (non-hydrogen) atoms. The molecule has 0 bridgehead atoms. The highest BCUT2D eigenvalue weighted by atomic mass is 16.2. The van der Waals surface area contributed by atoms with Gasteiger partial charge < -0.3 is 10.2 Å². The minimum atomic E-state index is 0.0462. The first kappa shape index (κ1) is 15.5. The maximum atomic E-state index is 12.2. The van der Waals surface area contributed by atoms with E-state index in [1.54, 1.807) is 11.8 Å². The number of aryl methyl sites for hydroxylation is 1. The van der Waals surface area contributed by atoms with Gasteiger partial charge in [-0.25, -0.2) is 0 Å². The van der Waals surface area contributed by atoms with Gasteiger partial charge in [-0.05, 0) is 43.4 Å². The van der Waals surface area contributed by atoms with Crippen molar-refractivity contribution in [3.8, 4) is 0 Å². The molecule has 0 aromatic heterocycles. The van der Waals surface area contributed by atoms with Crippen molar-refractivity contribution in [2.24, 2.45) is 5.92 Å². The molecule has 0 saturated carbocycles. The number of carbonyl (C=O) groups excluding carboxylic acids is 2. The second-order valence-corrected chi connectivity index (χ2v) is 5.62. The predicted octanol–water partition coefficient (Wildman–Crippen LogP) is 3.36. The monoisotopic (exact) mass is 288 g/mol. The Morgan fingerprint density at radius 1 is 1.29 bits per heavy atom. The number of amides is 2. The molecule has 2 rings (SSSR count). The summed E-state index contributed by atoms with van der Waals surface area (Å²) in [6.45, 7) is 6.40. The second kappa shape index (κ2) is 6.74. The Morgan fingerprint density at radius 2 is 2.00 bits per heavy atom. The lowest BCUT2D eigenvalue weighted by atomic mass is 10.00. The molecule has 0 saturated heterocycles. The molecule has 4 heteroatoms. The van der Waals surface area contributed by atoms with Crippen LogP contribution in [0.5, 0.6) is 0 Å². The highest BCUT2D eigenvalue weighted by molar-refractivity contribution is 5.96. The van der Waals surface area contributed by atoms with Gasteiger partial charge in [-0.2, -0.15) is 0 Å². The molecule has 0 atom stereocenters. The van der Waals surface area contributed by atoms with Crippen molar-refractivity contribution in [1.82, 2.24) is 0 Å². The number of rotatable bonds is 4. The average molecular weight is 288 g/mol. The number of anilines is 2. The number of nitrogens with zero attached hydrogens (tertiary/aromatic N) is 1. The fourth-order valence-corrected chi connectivity index (χ4v) is 2.88. The third-order valence-corrected chi connectivity index (χ3v) is 4.21. The SMILES string of the molecule is CCC(CC)C(=O)Nc1ccc2c(c1)N(C(C)=O)CCC2. The van der Waals surface area contributed by atoms with E-state index in [2.05, 4.69) is 5.32 Å². The normalized spacial score (nSPS) is 14.0. The first-order valence-electron chi connectivity index (χ1n) is 7.78. The van der Waals surface area contributed by atoms with E-state index in [0.717, 1.165) is 43.6 Å². The van der Waals surface area contributed by atoms with E-state index >= 15 is 0 Å². The Balaban J connectivity index is 2.22. The standard InChI is InChI=1S/C17H24N2O2/c1-4-13(5-2)17(21)18-15-9-8-14-7-6-10-19(12(3)20)16(14)11-15/h8-9,11,13H,4-7,10H2,1-3H3,(H,18,21). The van der Waals surface area contributed by atoms with Crippen LogP contribution < -0.4 is 10.2 Å². The zero-order valence-electron chi connectivity index (χ0n) is 13.1. The van der Waals surface area contributed by atoms with Crippen LogP contribution in [0.25, 0.3) is 0 Å². The third-order valence-electron chi connectivity index (χ3n) is 4.21. The van der Waals surface area contributed by atoms with Crippen molar-refractivity contribution < 1.29 is 9.59 Å². The highest BCUT2D eigenvalue weighted by Gasteiger charge is 2.21. The van der Waals surface area contributed by atoms with Crippen molar-refractivity contribution in [3.05, 3.63) is 23.8 Å². The van der Waals surface area contributed by atoms with Crippen LogP contribution in [0.3, 0.4) is 0 Å². The van der Waals surface area contributed by atoms with Crippen molar-refractivity contribution in [1.29, 1.82) is 0 Å². The molecule has 0 fully saturated rings. The number of fused-ring (bicyclic) bond motifs is 1. The van der Waals surface area contributed by atoms with E-state index in [0.29, 0.717) is 0 Å². The summed E-state index contributed by atoms with van der Waals surface area (Å²) in [6, 6.07) is 5.88. The van der Waals surface area contributed by atoms with Crippen LogP contribution in [0.4, 0.5) is 11.4 Å². The van der Waals surface area contributed by atoms with Gasteiger partial charge in [-0.15, -0.1) is 0 Å². The molecular formula is C17H24N2O2. The van der Waals surface area contributed by atoms with Crippen LogP contribution >= 0.6 is 0 Å². The van der Waals surface area contributed by atoms with E-state index in [9.17, 15) is 9.59 Å². The fourth-order valence-electron chi connectivity index (χ4n) is 2.88. The van der Waals surface area contributed by atoms with Crippen LogP contribution in [0, 0.1) is 5.92 Å². The molecule has 0 radical (unpaired) electrons. The van der Waals surface area contributed by atoms with Gasteiger partial charge in [0.15, 0.2) is 0 Å². The molecule has 0 unspecified atom stereocenters. The number of nitrogens with one attached hydrogen (secondary N) is 1. The molecule has 114 valence electrons. The minimum absolute atomic E-state index is 0.0462. The van der Waals surface area contributed by atoms with E-state index in [4.69, 9.17) is 0 Å². The Bertz CT molecular complexity index is 536. The predicted molar refractivity (Wildman–Crippen MR) is 85.5 cm³/mol. The molecule has 0 spiro atoms. The van der Waals surface area contributed by atoms with Crippen LogP contribution in [0.2, 0.25) is 0 Å². The number of carbonyl (C=O) groups is 2. The first-order valence-corrected chi connectivity index (χ1v) is 7.78. The smallest absolute Gasteiger partial charge is 0.227 e. The van der Waals surface area contributed by atoms with Gasteiger partial charge in [0.2, 0.25) is 11.8 Å². The van der Waals surface area contributed by atoms with E-state index in [-0.39, 0.29) is 17.7 Å². The molecular weight excluding hydrogens is 264 g/mol. The molecule has 1 aromatic carbocycles. The van der Waals surface area contributed by atoms with Crippen molar-refractivity contribution >= 4 is 23.2 Å². The van der Waals surface area contributed by atoms with Gasteiger partial charge in [0, 0.05) is 30.8 Å². The summed E-state index contributed by atoms with van der Waals surface area (Å²) in [5, 5.41) is 2.98.